The minimum Gasteiger partial charge on any atom is -0.493 e. The van der Waals surface area contributed by atoms with Crippen LogP contribution >= 0.6 is 22.7 Å². The van der Waals surface area contributed by atoms with Gasteiger partial charge in [0.2, 0.25) is 11.8 Å². The number of methoxy groups -OCH3 is 8. The molecule has 0 fully saturated rings. The lowest BCUT2D eigenvalue weighted by Crippen LogP contribution is -2.35. The molecule has 0 spiro atoms. The number of thiophene rings is 2. The Labute approximate surface area is 619 Å². The molecule has 0 radical (unpaired) electrons. The highest BCUT2D eigenvalue weighted by Crippen LogP contribution is 2.32. The first-order chi connectivity index (χ1) is 50.3. The summed E-state index contributed by atoms with van der Waals surface area (Å²) in [7, 11) is 13.1. The van der Waals surface area contributed by atoms with Gasteiger partial charge in [0.05, 0.1) is 87.8 Å². The number of hydrogen-bond acceptors (Lipinski definition) is 26. The van der Waals surface area contributed by atoms with Gasteiger partial charge in [0.15, 0.2) is 69.6 Å². The van der Waals surface area contributed by atoms with E-state index in [0.717, 1.165) is 40.0 Å². The third-order valence-electron chi connectivity index (χ3n) is 14.1. The van der Waals surface area contributed by atoms with Gasteiger partial charge in [0, 0.05) is 104 Å². The first-order valence-corrected chi connectivity index (χ1v) is 34.1. The molecule has 8 rings (SSSR count). The van der Waals surface area contributed by atoms with E-state index in [9.17, 15) is 43.2 Å². The summed E-state index contributed by atoms with van der Waals surface area (Å²) in [5.41, 5.74) is 13.0. The van der Waals surface area contributed by atoms with Crippen LogP contribution in [0.4, 0.5) is 0 Å². The lowest BCUT2D eigenvalue weighted by molar-refractivity contribution is -0.147. The third kappa shape index (κ3) is 31.4. The Morgan fingerprint density at radius 3 is 1.13 bits per heavy atom. The number of nitrogens with zero attached hydrogens (tertiary/aromatic N) is 1. The number of hydrazine groups is 1. The number of benzene rings is 6. The molecule has 0 bridgehead atoms. The van der Waals surface area contributed by atoms with Crippen molar-refractivity contribution in [2.45, 2.75) is 73.8 Å². The van der Waals surface area contributed by atoms with Crippen LogP contribution in [0.3, 0.4) is 0 Å². The second-order valence-corrected chi connectivity index (χ2v) is 23.3. The summed E-state index contributed by atoms with van der Waals surface area (Å²) in [6, 6.07) is 34.6. The Bertz CT molecular complexity index is 4060. The number of amides is 2. The van der Waals surface area contributed by atoms with Crippen LogP contribution in [0.5, 0.6) is 46.0 Å². The zero-order valence-corrected chi connectivity index (χ0v) is 63.6. The number of aliphatic hydroxyl groups excluding tert-OH is 2. The van der Waals surface area contributed by atoms with Crippen molar-refractivity contribution in [3.8, 4) is 46.0 Å². The van der Waals surface area contributed by atoms with Crippen LogP contribution < -0.4 is 60.3 Å². The van der Waals surface area contributed by atoms with E-state index in [1.165, 1.54) is 73.7 Å². The van der Waals surface area contributed by atoms with Gasteiger partial charge in [-0.2, -0.15) is 5.10 Å². The van der Waals surface area contributed by atoms with Gasteiger partial charge in [-0.3, -0.25) is 43.8 Å². The number of carbonyl (C=O) groups is 9. The fourth-order valence-corrected chi connectivity index (χ4v) is 10.4. The third-order valence-corrected chi connectivity index (χ3v) is 16.1. The number of nitrogens with one attached hydrogen (secondary N) is 2. The topological polar surface area (TPSA) is 395 Å². The molecule has 9 N–H and O–H groups in total. The van der Waals surface area contributed by atoms with Crippen molar-refractivity contribution in [3.05, 3.63) is 165 Å². The monoisotopic (exact) mass is 1500 g/mol. The first kappa shape index (κ1) is 92.2. The van der Waals surface area contributed by atoms with E-state index >= 15 is 0 Å². The summed E-state index contributed by atoms with van der Waals surface area (Å²) in [5, 5.41) is 33.3. The number of esters is 2. The molecule has 570 valence electrons. The maximum atomic E-state index is 12.5. The van der Waals surface area contributed by atoms with Crippen molar-refractivity contribution in [2.75, 3.05) is 83.8 Å². The van der Waals surface area contributed by atoms with E-state index in [-0.39, 0.29) is 72.5 Å². The largest absolute Gasteiger partial charge is 0.493 e. The van der Waals surface area contributed by atoms with E-state index in [4.69, 9.17) is 69.5 Å². The lowest BCUT2D eigenvalue weighted by Gasteiger charge is -2.11. The predicted octanol–water partition coefficient (Wildman–Crippen LogP) is 11.3. The molecular weight excluding hydrogens is 1400 g/mol. The van der Waals surface area contributed by atoms with Crippen LogP contribution in [0.2, 0.25) is 0 Å². The number of rotatable bonds is 27. The molecule has 105 heavy (non-hydrogen) atoms. The quantitative estimate of drug-likeness (QED) is 0.00478. The van der Waals surface area contributed by atoms with Gasteiger partial charge < -0.3 is 68.4 Å². The molecule has 0 aliphatic heterocycles. The molecule has 0 aliphatic carbocycles. The highest BCUT2D eigenvalue weighted by Gasteiger charge is 2.23. The number of ether oxygens (including phenoxy) is 10. The maximum Gasteiger partial charge on any atom is 0.335 e. The zero-order valence-electron chi connectivity index (χ0n) is 61.9. The van der Waals surface area contributed by atoms with Gasteiger partial charge >= 0.3 is 17.9 Å². The molecule has 2 amide bonds. The van der Waals surface area contributed by atoms with E-state index in [0.29, 0.717) is 75.9 Å². The summed E-state index contributed by atoms with van der Waals surface area (Å²) in [6.07, 6.45) is 2.78. The number of aliphatic hydroxyl groups is 2. The van der Waals surface area contributed by atoms with Crippen LogP contribution in [0.15, 0.2) is 137 Å². The van der Waals surface area contributed by atoms with Gasteiger partial charge in [-0.15, -0.1) is 22.7 Å². The summed E-state index contributed by atoms with van der Waals surface area (Å²) >= 11 is 3.23. The smallest absolute Gasteiger partial charge is 0.335 e. The van der Waals surface area contributed by atoms with Crippen molar-refractivity contribution < 1.29 is 106 Å². The van der Waals surface area contributed by atoms with Crippen LogP contribution in [0.25, 0.3) is 20.2 Å². The normalized spacial score (nSPS) is 11.1. The Morgan fingerprint density at radius 1 is 0.476 bits per heavy atom. The molecule has 29 heteroatoms. The van der Waals surface area contributed by atoms with Gasteiger partial charge in [-0.1, -0.05) is 57.2 Å². The van der Waals surface area contributed by atoms with Crippen LogP contribution in [0.1, 0.15) is 125 Å². The second-order valence-electron chi connectivity index (χ2n) is 21.5. The van der Waals surface area contributed by atoms with Crippen LogP contribution in [-0.4, -0.2) is 165 Å². The Morgan fingerprint density at radius 2 is 0.800 bits per heavy atom. The number of aldehydes is 1. The molecule has 0 unspecified atom stereocenters. The lowest BCUT2D eigenvalue weighted by atomic mass is 9.99. The maximum absolute atomic E-state index is 12.5. The average molecular weight is 1500 g/mol. The number of carbonyl (C=O) groups excluding carboxylic acids is 8. The number of nitrogens with two attached hydrogens (primary N) is 2. The van der Waals surface area contributed by atoms with Gasteiger partial charge in [-0.05, 0) is 113 Å². The number of hydrogen-bond donors (Lipinski definition) is 7. The molecule has 0 saturated carbocycles. The summed E-state index contributed by atoms with van der Waals surface area (Å²) in [4.78, 5) is 103. The number of carboxylic acid groups (broad SMARTS) is 1. The van der Waals surface area contributed by atoms with Crippen molar-refractivity contribution in [1.82, 2.24) is 10.9 Å². The summed E-state index contributed by atoms with van der Waals surface area (Å²) in [5.74, 6) is 4.79. The average Bonchev–Trinajstić information content (AvgIpc) is 1.37. The van der Waals surface area contributed by atoms with Crippen molar-refractivity contribution >= 4 is 102 Å². The summed E-state index contributed by atoms with van der Waals surface area (Å²) in [6.45, 7) is 12.7. The number of carboxylic acids is 1. The molecule has 27 nitrogen and oxygen atoms in total. The predicted molar refractivity (Wildman–Crippen MR) is 404 cm³/mol. The number of ketones is 3. The summed E-state index contributed by atoms with van der Waals surface area (Å²) < 4.78 is 52.5. The minimum atomic E-state index is -0.985. The first-order valence-electron chi connectivity index (χ1n) is 32.4. The molecular formula is C76H97N5O22S2. The standard InChI is InChI=1S/C22H22N2O4S.C15H20O5.C13H18N2O4.C9H10O4.C9H6OS.C5H11NO2.C2H6O.CH4O/c1-14(10-18(25)15-8-9-19(27-2)20(11-15)28-3)22(26)24-23-12-16-13-29-21-7-5-4-6-17(16)21;1-5-20-15(17)10(2)8-12(16)11-6-7-13(18-3)14(9-11)19-4;1-8(13(17)15-14)6-10(16)9-4-5-11(18-2)12(7-9)19-3;1-12-7-4-3-6(9(10)11)5-8(7)13-2;10-5-7-6-11-9-4-2-1-3-8(7)9;1-3-8-5(7)4(2)6;1-2-3;1-2/h4-9,11-14H,10H2,1-3H3,(H,24,26);6-7,9-10H,5,8H2,1-4H3;4-5,7-8H,6,14H2,1-3H3,(H,15,17);3-5H,1-2H3,(H,10,11);1-6H;4H,3,6H2,1-2H3;3H,2H2,1H3;2H,1H3/b23-12+;;;;;;;/t14-;10-;8-;;;4-;;/m000..1../s1. The number of hydrazone groups is 1. The molecule has 6 aromatic carbocycles. The second kappa shape index (κ2) is 51.3. The molecule has 8 aromatic rings. The van der Waals surface area contributed by atoms with E-state index in [1.807, 2.05) is 64.7 Å². The molecule has 2 heterocycles. The highest BCUT2D eigenvalue weighted by molar-refractivity contribution is 7.17. The van der Waals surface area contributed by atoms with Gasteiger partial charge in [-0.25, -0.2) is 16.1 Å². The van der Waals surface area contributed by atoms with Crippen LogP contribution in [-0.2, 0) is 28.7 Å². The minimum absolute atomic E-state index is 0.0677. The fourth-order valence-electron chi connectivity index (χ4n) is 8.62. The van der Waals surface area contributed by atoms with Crippen LogP contribution in [0, 0.1) is 17.8 Å². The molecule has 2 aromatic heterocycles. The van der Waals surface area contributed by atoms with E-state index in [1.54, 1.807) is 138 Å². The Hall–Kier alpha value is -10.8. The van der Waals surface area contributed by atoms with Crippen molar-refractivity contribution in [2.24, 2.45) is 34.4 Å². The molecule has 0 saturated heterocycles. The zero-order chi connectivity index (χ0) is 79.1. The van der Waals surface area contributed by atoms with Crippen molar-refractivity contribution in [1.29, 1.82) is 0 Å². The Kier molecular flexibility index (Phi) is 45.1. The SMILES string of the molecule is CCO.CCOC(=O)[C@@H](C)CC(=O)c1ccc(OC)c(OC)c1.CCOC(=O)[C@@H](C)N.CO.COc1ccc(C(=O)C[C@H](C)C(=O)N/N=C/c2csc3ccccc23)cc1OC.COc1ccc(C(=O)C[C@H](C)C(=O)NN)cc1OC.COc1ccc(C(=O)O)cc1OC.O=Cc1csc2ccccc12. The number of Topliss-reactive ketones (excluding diaryl/α,β-unsaturated/α-hetero) is 3. The van der Waals surface area contributed by atoms with E-state index in [2.05, 4.69) is 15.3 Å². The number of fused-ring (bicyclic) bond motifs is 2. The fraction of sp³-hybridized carbons (Fsp3) is 0.342. The molecule has 4 atom stereocenters. The Balaban J connectivity index is 0.000000648. The van der Waals surface area contributed by atoms with Gasteiger partial charge in [0.1, 0.15) is 6.04 Å². The van der Waals surface area contributed by atoms with Crippen molar-refractivity contribution in [3.63, 3.8) is 0 Å². The number of aromatic carboxylic acids is 1. The van der Waals surface area contributed by atoms with E-state index < -0.39 is 29.8 Å². The molecule has 0 aliphatic rings. The highest BCUT2D eigenvalue weighted by atomic mass is 32.1. The van der Waals surface area contributed by atoms with Gasteiger partial charge in [0.25, 0.3) is 0 Å².